The number of carbonyl (C=O) groups excluding carboxylic acids is 1. The molecule has 1 fully saturated rings. The first-order valence-corrected chi connectivity index (χ1v) is 12.5. The van der Waals surface area contributed by atoms with E-state index in [2.05, 4.69) is 15.3 Å². The average Bonchev–Trinajstić information content (AvgIpc) is 3.33. The predicted molar refractivity (Wildman–Crippen MR) is 123 cm³/mol. The monoisotopic (exact) mass is 470 g/mol. The van der Waals surface area contributed by atoms with Gasteiger partial charge in [0.05, 0.1) is 22.8 Å². The Morgan fingerprint density at radius 2 is 1.82 bits per heavy atom. The summed E-state index contributed by atoms with van der Waals surface area (Å²) in [6, 6.07) is 14.4. The molecule has 33 heavy (non-hydrogen) atoms. The fourth-order valence-corrected chi connectivity index (χ4v) is 5.52. The second-order valence-corrected chi connectivity index (χ2v) is 10.1. The van der Waals surface area contributed by atoms with Crippen LogP contribution in [0.4, 0.5) is 4.39 Å². The van der Waals surface area contributed by atoms with Gasteiger partial charge < -0.3 is 10.3 Å². The average molecular weight is 471 g/mol. The van der Waals surface area contributed by atoms with E-state index < -0.39 is 15.8 Å². The maximum Gasteiger partial charge on any atom is 0.243 e. The van der Waals surface area contributed by atoms with Crippen LogP contribution in [0.3, 0.4) is 0 Å². The molecule has 174 valence electrons. The molecule has 1 aromatic heterocycles. The number of hydrogen-bond donors (Lipinski definition) is 2. The second-order valence-electron chi connectivity index (χ2n) is 8.15. The molecule has 2 heterocycles. The molecule has 7 nitrogen and oxygen atoms in total. The van der Waals surface area contributed by atoms with E-state index in [4.69, 9.17) is 0 Å². The SMILES string of the molecule is CCC(NC(=O)C1CCN(S(=O)(=O)c2ccc(F)cc2)CC1)c1ncc(-c2ccccc2)[nH]1. The van der Waals surface area contributed by atoms with Crippen molar-refractivity contribution in [2.45, 2.75) is 37.1 Å². The van der Waals surface area contributed by atoms with Crippen LogP contribution in [0, 0.1) is 11.7 Å². The second kappa shape index (κ2) is 9.84. The van der Waals surface area contributed by atoms with E-state index in [0.717, 1.165) is 23.4 Å². The zero-order valence-electron chi connectivity index (χ0n) is 18.4. The van der Waals surface area contributed by atoms with E-state index in [1.54, 1.807) is 6.20 Å². The first-order chi connectivity index (χ1) is 15.9. The fraction of sp³-hybridized carbons (Fsp3) is 0.333. The minimum atomic E-state index is -3.70. The van der Waals surface area contributed by atoms with Gasteiger partial charge in [-0.25, -0.2) is 17.8 Å². The van der Waals surface area contributed by atoms with Crippen LogP contribution < -0.4 is 5.32 Å². The number of amides is 1. The topological polar surface area (TPSA) is 95.2 Å². The summed E-state index contributed by atoms with van der Waals surface area (Å²) in [4.78, 5) is 20.7. The van der Waals surface area contributed by atoms with E-state index in [-0.39, 0.29) is 35.9 Å². The van der Waals surface area contributed by atoms with E-state index in [1.165, 1.54) is 16.4 Å². The number of nitrogens with one attached hydrogen (secondary N) is 2. The number of imidazole rings is 1. The molecule has 1 aliphatic heterocycles. The summed E-state index contributed by atoms with van der Waals surface area (Å²) in [7, 11) is -3.70. The number of nitrogens with zero attached hydrogens (tertiary/aromatic N) is 2. The van der Waals surface area contributed by atoms with Gasteiger partial charge in [0, 0.05) is 19.0 Å². The largest absolute Gasteiger partial charge is 0.346 e. The van der Waals surface area contributed by atoms with E-state index >= 15 is 0 Å². The highest BCUT2D eigenvalue weighted by Gasteiger charge is 2.33. The van der Waals surface area contributed by atoms with Gasteiger partial charge in [-0.15, -0.1) is 0 Å². The maximum atomic E-state index is 13.1. The van der Waals surface area contributed by atoms with E-state index in [1.807, 2.05) is 37.3 Å². The first-order valence-electron chi connectivity index (χ1n) is 11.0. The first kappa shape index (κ1) is 23.1. The van der Waals surface area contributed by atoms with Crippen molar-refractivity contribution >= 4 is 15.9 Å². The van der Waals surface area contributed by atoms with Crippen molar-refractivity contribution < 1.29 is 17.6 Å². The van der Waals surface area contributed by atoms with Gasteiger partial charge in [-0.2, -0.15) is 4.31 Å². The number of halogens is 1. The van der Waals surface area contributed by atoms with Crippen molar-refractivity contribution in [3.63, 3.8) is 0 Å². The molecular formula is C24H27FN4O3S. The lowest BCUT2D eigenvalue weighted by molar-refractivity contribution is -0.127. The molecule has 2 aromatic carbocycles. The molecule has 1 saturated heterocycles. The smallest absolute Gasteiger partial charge is 0.243 e. The number of benzene rings is 2. The van der Waals surface area contributed by atoms with Crippen LogP contribution in [-0.2, 0) is 14.8 Å². The summed E-state index contributed by atoms with van der Waals surface area (Å²) in [6.45, 7) is 2.47. The molecule has 1 aliphatic rings. The van der Waals surface area contributed by atoms with Crippen molar-refractivity contribution in [1.29, 1.82) is 0 Å². The van der Waals surface area contributed by atoms with Crippen LogP contribution in [0.15, 0.2) is 65.7 Å². The van der Waals surface area contributed by atoms with Crippen molar-refractivity contribution in [2.75, 3.05) is 13.1 Å². The normalized spacial score (nSPS) is 16.4. The molecule has 9 heteroatoms. The standard InChI is InChI=1S/C24H27FN4O3S/c1-2-21(23-26-16-22(27-23)17-6-4-3-5-7-17)28-24(30)18-12-14-29(15-13-18)33(31,32)20-10-8-19(25)9-11-20/h3-11,16,18,21H,2,12-15H2,1H3,(H,26,27)(H,28,30). The molecule has 4 rings (SSSR count). The van der Waals surface area contributed by atoms with Crippen LogP contribution in [-0.4, -0.2) is 41.7 Å². The number of rotatable bonds is 7. The molecule has 1 amide bonds. The molecule has 2 N–H and O–H groups in total. The Morgan fingerprint density at radius 1 is 1.15 bits per heavy atom. The van der Waals surface area contributed by atoms with Crippen LogP contribution in [0.2, 0.25) is 0 Å². The molecule has 1 atom stereocenters. The van der Waals surface area contributed by atoms with Gasteiger partial charge in [-0.05, 0) is 49.1 Å². The third-order valence-corrected chi connectivity index (χ3v) is 7.92. The maximum absolute atomic E-state index is 13.1. The lowest BCUT2D eigenvalue weighted by atomic mass is 9.96. The van der Waals surface area contributed by atoms with Crippen LogP contribution in [0.1, 0.15) is 38.1 Å². The summed E-state index contributed by atoms with van der Waals surface area (Å²) in [6.07, 6.45) is 3.29. The lowest BCUT2D eigenvalue weighted by Gasteiger charge is -2.31. The molecule has 0 aliphatic carbocycles. The van der Waals surface area contributed by atoms with Gasteiger partial charge in [-0.3, -0.25) is 4.79 Å². The minimum Gasteiger partial charge on any atom is -0.346 e. The number of hydrogen-bond acceptors (Lipinski definition) is 4. The Morgan fingerprint density at radius 3 is 2.45 bits per heavy atom. The van der Waals surface area contributed by atoms with Gasteiger partial charge in [0.2, 0.25) is 15.9 Å². The molecule has 0 bridgehead atoms. The van der Waals surface area contributed by atoms with E-state index in [9.17, 15) is 17.6 Å². The van der Waals surface area contributed by atoms with Crippen molar-refractivity contribution in [2.24, 2.45) is 5.92 Å². The summed E-state index contributed by atoms with van der Waals surface area (Å²) < 4.78 is 40.1. The number of aromatic amines is 1. The molecule has 3 aromatic rings. The number of H-pyrrole nitrogens is 1. The number of aromatic nitrogens is 2. The van der Waals surface area contributed by atoms with Crippen molar-refractivity contribution in [1.82, 2.24) is 19.6 Å². The predicted octanol–water partition coefficient (Wildman–Crippen LogP) is 3.88. The lowest BCUT2D eigenvalue weighted by Crippen LogP contribution is -2.43. The van der Waals surface area contributed by atoms with E-state index in [0.29, 0.717) is 25.1 Å². The summed E-state index contributed by atoms with van der Waals surface area (Å²) in [5.74, 6) is -0.163. The van der Waals surface area contributed by atoms with Gasteiger partial charge in [0.25, 0.3) is 0 Å². The third kappa shape index (κ3) is 5.15. The van der Waals surface area contributed by atoms with Gasteiger partial charge in [0.1, 0.15) is 11.6 Å². The Hall–Kier alpha value is -3.04. The Labute approximate surface area is 193 Å². The Bertz CT molecular complexity index is 1190. The van der Waals surface area contributed by atoms with Crippen LogP contribution >= 0.6 is 0 Å². The highest BCUT2D eigenvalue weighted by Crippen LogP contribution is 2.26. The van der Waals surface area contributed by atoms with Crippen molar-refractivity contribution in [3.8, 4) is 11.3 Å². The van der Waals surface area contributed by atoms with Crippen LogP contribution in [0.5, 0.6) is 0 Å². The van der Waals surface area contributed by atoms with Gasteiger partial charge in [0.15, 0.2) is 0 Å². The summed E-state index contributed by atoms with van der Waals surface area (Å²) in [5, 5.41) is 3.07. The minimum absolute atomic E-state index is 0.0601. The number of piperidine rings is 1. The van der Waals surface area contributed by atoms with Crippen LogP contribution in [0.25, 0.3) is 11.3 Å². The van der Waals surface area contributed by atoms with Gasteiger partial charge >= 0.3 is 0 Å². The molecule has 1 unspecified atom stereocenters. The number of carbonyl (C=O) groups is 1. The quantitative estimate of drug-likeness (QED) is 0.548. The fourth-order valence-electron chi connectivity index (χ4n) is 4.05. The van der Waals surface area contributed by atoms with Crippen molar-refractivity contribution in [3.05, 3.63) is 72.4 Å². The Kier molecular flexibility index (Phi) is 6.90. The highest BCUT2D eigenvalue weighted by atomic mass is 32.2. The summed E-state index contributed by atoms with van der Waals surface area (Å²) >= 11 is 0. The highest BCUT2D eigenvalue weighted by molar-refractivity contribution is 7.89. The molecule has 0 spiro atoms. The third-order valence-electron chi connectivity index (χ3n) is 6.01. The Balaban J connectivity index is 1.36. The molecule has 0 radical (unpaired) electrons. The summed E-state index contributed by atoms with van der Waals surface area (Å²) in [5.41, 5.74) is 1.91. The van der Waals surface area contributed by atoms with Gasteiger partial charge in [-0.1, -0.05) is 37.3 Å². The zero-order valence-corrected chi connectivity index (χ0v) is 19.2. The zero-order chi connectivity index (χ0) is 23.4. The molecular weight excluding hydrogens is 443 g/mol. The molecule has 0 saturated carbocycles. The number of sulfonamides is 1.